The second-order valence-electron chi connectivity index (χ2n) is 5.54. The van der Waals surface area contributed by atoms with E-state index in [1.54, 1.807) is 12.1 Å². The summed E-state index contributed by atoms with van der Waals surface area (Å²) in [6.45, 7) is 1.51. The predicted molar refractivity (Wildman–Crippen MR) is 97.6 cm³/mol. The van der Waals surface area contributed by atoms with Crippen LogP contribution in [-0.4, -0.2) is 37.4 Å². The highest BCUT2D eigenvalue weighted by molar-refractivity contribution is 7.89. The van der Waals surface area contributed by atoms with Gasteiger partial charge in [0.2, 0.25) is 16.1 Å². The zero-order chi connectivity index (χ0) is 19.3. The van der Waals surface area contributed by atoms with Crippen LogP contribution in [0.4, 0.5) is 4.39 Å². The third kappa shape index (κ3) is 5.20. The van der Waals surface area contributed by atoms with Crippen LogP contribution in [0.5, 0.6) is 5.75 Å². The lowest BCUT2D eigenvalue weighted by atomic mass is 10.2. The average Bonchev–Trinajstić information content (AvgIpc) is 2.59. The van der Waals surface area contributed by atoms with Crippen LogP contribution in [-0.2, 0) is 14.8 Å². The van der Waals surface area contributed by atoms with Crippen LogP contribution in [0.15, 0.2) is 53.4 Å². The maximum atomic E-state index is 13.7. The third-order valence-corrected chi connectivity index (χ3v) is 5.39. The third-order valence-electron chi connectivity index (χ3n) is 3.50. The number of ether oxygens (including phenoxy) is 1. The molecular weight excluding hydrogens is 381 g/mol. The van der Waals surface area contributed by atoms with E-state index in [9.17, 15) is 22.7 Å². The van der Waals surface area contributed by atoms with E-state index >= 15 is 0 Å². The Morgan fingerprint density at radius 2 is 1.85 bits per heavy atom. The van der Waals surface area contributed by atoms with Gasteiger partial charge in [-0.25, -0.2) is 22.3 Å². The van der Waals surface area contributed by atoms with Crippen LogP contribution in [0, 0.1) is 12.7 Å². The lowest BCUT2D eigenvalue weighted by Gasteiger charge is -2.21. The van der Waals surface area contributed by atoms with Gasteiger partial charge in [-0.2, -0.15) is 12.6 Å². The molecule has 2 atom stereocenters. The largest absolute Gasteiger partial charge is 0.478 e. The summed E-state index contributed by atoms with van der Waals surface area (Å²) in [6.07, 6.45) is -1.55. The number of carbonyl (C=O) groups is 1. The number of para-hydroxylation sites is 1. The summed E-state index contributed by atoms with van der Waals surface area (Å²) in [5.41, 5.74) is 0.903. The number of aliphatic carboxylic acids is 1. The quantitative estimate of drug-likeness (QED) is 0.592. The van der Waals surface area contributed by atoms with Gasteiger partial charge < -0.3 is 9.84 Å². The van der Waals surface area contributed by atoms with Gasteiger partial charge in [0.15, 0.2) is 11.6 Å². The van der Waals surface area contributed by atoms with E-state index in [0.29, 0.717) is 0 Å². The minimum absolute atomic E-state index is 0.0468. The number of halogens is 1. The summed E-state index contributed by atoms with van der Waals surface area (Å²) in [5, 5.41) is 8.25. The van der Waals surface area contributed by atoms with Gasteiger partial charge in [-0.15, -0.1) is 0 Å². The van der Waals surface area contributed by atoms with E-state index in [-0.39, 0.29) is 17.2 Å². The summed E-state index contributed by atoms with van der Waals surface area (Å²) < 4.78 is 45.6. The molecule has 0 bridgehead atoms. The monoisotopic (exact) mass is 399 g/mol. The highest BCUT2D eigenvalue weighted by Gasteiger charge is 2.30. The fourth-order valence-corrected chi connectivity index (χ4v) is 3.54. The van der Waals surface area contributed by atoms with E-state index in [1.165, 1.54) is 30.3 Å². The van der Waals surface area contributed by atoms with Crippen molar-refractivity contribution in [3.8, 4) is 5.75 Å². The first-order chi connectivity index (χ1) is 12.2. The van der Waals surface area contributed by atoms with Crippen molar-refractivity contribution in [1.82, 2.24) is 4.72 Å². The van der Waals surface area contributed by atoms with Crippen LogP contribution >= 0.6 is 12.6 Å². The van der Waals surface area contributed by atoms with E-state index < -0.39 is 33.2 Å². The van der Waals surface area contributed by atoms with E-state index in [1.807, 2.05) is 6.92 Å². The number of thiol groups is 1. The van der Waals surface area contributed by atoms with Crippen molar-refractivity contribution in [2.75, 3.05) is 6.54 Å². The van der Waals surface area contributed by atoms with Crippen molar-refractivity contribution >= 4 is 28.6 Å². The van der Waals surface area contributed by atoms with Crippen LogP contribution < -0.4 is 9.46 Å². The number of carboxylic acid groups (broad SMARTS) is 1. The minimum Gasteiger partial charge on any atom is -0.478 e. The Morgan fingerprint density at radius 1 is 1.23 bits per heavy atom. The molecule has 0 aromatic heterocycles. The Kier molecular flexibility index (Phi) is 6.63. The molecule has 0 saturated heterocycles. The molecule has 2 aromatic carbocycles. The SMILES string of the molecule is Cc1ccc(S(=O)(=O)NCC(S)C(Oc2ccccc2F)C(=O)O)cc1. The molecule has 0 fully saturated rings. The molecule has 26 heavy (non-hydrogen) atoms. The Morgan fingerprint density at radius 3 is 2.42 bits per heavy atom. The predicted octanol–water partition coefficient (Wildman–Crippen LogP) is 2.24. The second-order valence-corrected chi connectivity index (χ2v) is 7.97. The van der Waals surface area contributed by atoms with E-state index in [2.05, 4.69) is 17.4 Å². The van der Waals surface area contributed by atoms with Gasteiger partial charge in [0.05, 0.1) is 10.1 Å². The lowest BCUT2D eigenvalue weighted by Crippen LogP contribution is -2.43. The molecule has 2 N–H and O–H groups in total. The summed E-state index contributed by atoms with van der Waals surface area (Å²) in [6, 6.07) is 11.5. The molecule has 0 aliphatic heterocycles. The number of benzene rings is 2. The zero-order valence-corrected chi connectivity index (χ0v) is 15.5. The first-order valence-electron chi connectivity index (χ1n) is 7.59. The molecule has 9 heteroatoms. The van der Waals surface area contributed by atoms with Crippen LogP contribution in [0.3, 0.4) is 0 Å². The standard InChI is InChI=1S/C17H18FNO5S2/c1-11-6-8-12(9-7-11)26(22,23)19-10-15(25)16(17(20)21)24-14-5-3-2-4-13(14)18/h2-9,15-16,19,25H,10H2,1H3,(H,20,21). The van der Waals surface area contributed by atoms with Gasteiger partial charge in [0.25, 0.3) is 0 Å². The Balaban J connectivity index is 2.08. The molecular formula is C17H18FNO5S2. The van der Waals surface area contributed by atoms with Gasteiger partial charge in [-0.05, 0) is 31.2 Å². The Bertz CT molecular complexity index is 871. The number of nitrogens with one attached hydrogen (secondary N) is 1. The zero-order valence-electron chi connectivity index (χ0n) is 13.8. The van der Waals surface area contributed by atoms with Gasteiger partial charge >= 0.3 is 5.97 Å². The van der Waals surface area contributed by atoms with Crippen LogP contribution in [0.25, 0.3) is 0 Å². The Hall–Kier alpha value is -2.10. The van der Waals surface area contributed by atoms with Gasteiger partial charge in [-0.1, -0.05) is 29.8 Å². The van der Waals surface area contributed by atoms with Crippen molar-refractivity contribution in [1.29, 1.82) is 0 Å². The van der Waals surface area contributed by atoms with Crippen LogP contribution in [0.1, 0.15) is 5.56 Å². The molecule has 0 aliphatic carbocycles. The number of rotatable bonds is 8. The molecule has 0 spiro atoms. The molecule has 0 aliphatic rings. The average molecular weight is 399 g/mol. The maximum absolute atomic E-state index is 13.7. The molecule has 0 saturated carbocycles. The number of carboxylic acids is 1. The molecule has 6 nitrogen and oxygen atoms in total. The Labute approximate surface area is 156 Å². The van der Waals surface area contributed by atoms with Crippen LogP contribution in [0.2, 0.25) is 0 Å². The molecule has 2 unspecified atom stereocenters. The molecule has 2 rings (SSSR count). The topological polar surface area (TPSA) is 92.7 Å². The van der Waals surface area contributed by atoms with Gasteiger partial charge in [0.1, 0.15) is 0 Å². The van der Waals surface area contributed by atoms with E-state index in [4.69, 9.17) is 4.74 Å². The maximum Gasteiger partial charge on any atom is 0.346 e. The van der Waals surface area contributed by atoms with Crippen molar-refractivity contribution in [3.63, 3.8) is 0 Å². The fourth-order valence-electron chi connectivity index (χ4n) is 2.07. The highest BCUT2D eigenvalue weighted by atomic mass is 32.2. The number of aryl methyl sites for hydroxylation is 1. The van der Waals surface area contributed by atoms with Crippen molar-refractivity contribution in [2.24, 2.45) is 0 Å². The highest BCUT2D eigenvalue weighted by Crippen LogP contribution is 2.20. The molecule has 0 amide bonds. The molecule has 2 aromatic rings. The smallest absolute Gasteiger partial charge is 0.346 e. The normalized spacial score (nSPS) is 13.8. The number of sulfonamides is 1. The molecule has 140 valence electrons. The lowest BCUT2D eigenvalue weighted by molar-refractivity contribution is -0.145. The summed E-state index contributed by atoms with van der Waals surface area (Å²) in [7, 11) is -3.83. The van der Waals surface area contributed by atoms with Crippen molar-refractivity contribution in [3.05, 3.63) is 59.9 Å². The first-order valence-corrected chi connectivity index (χ1v) is 9.59. The van der Waals surface area contributed by atoms with Crippen molar-refractivity contribution < 1.29 is 27.4 Å². The minimum atomic E-state index is -3.83. The summed E-state index contributed by atoms with van der Waals surface area (Å²) >= 11 is 4.11. The fraction of sp³-hybridized carbons (Fsp3) is 0.235. The number of hydrogen-bond acceptors (Lipinski definition) is 5. The second kappa shape index (κ2) is 8.52. The van der Waals surface area contributed by atoms with Crippen molar-refractivity contribution in [2.45, 2.75) is 23.2 Å². The van der Waals surface area contributed by atoms with E-state index in [0.717, 1.165) is 11.6 Å². The van der Waals surface area contributed by atoms with Gasteiger partial charge in [0, 0.05) is 6.54 Å². The summed E-state index contributed by atoms with van der Waals surface area (Å²) in [4.78, 5) is 11.5. The van der Waals surface area contributed by atoms with Gasteiger partial charge in [-0.3, -0.25) is 0 Å². The molecule has 0 radical (unpaired) electrons. The first kappa shape index (κ1) is 20.2. The number of hydrogen-bond donors (Lipinski definition) is 3. The molecule has 0 heterocycles. The summed E-state index contributed by atoms with van der Waals surface area (Å²) in [5.74, 6) is -2.36.